The molecule has 3 rings (SSSR count). The molecular formula is C24H36F2N4O2S. The molecule has 2 aliphatic heterocycles. The van der Waals surface area contributed by atoms with Gasteiger partial charge in [0.25, 0.3) is 12.3 Å². The Morgan fingerprint density at radius 2 is 2.03 bits per heavy atom. The molecule has 6 nitrogen and oxygen atoms in total. The fourth-order valence-corrected chi connectivity index (χ4v) is 5.30. The number of carbonyl (C=O) groups is 1. The largest absolute Gasteiger partial charge is 0.389 e. The number of pyridine rings is 1. The van der Waals surface area contributed by atoms with Crippen molar-refractivity contribution in [3.05, 3.63) is 29.1 Å². The SMILES string of the molecule is C[C@H]1CCCN1C(=O)C1=C(c2cnc(NCC(C)(C)C)cc2C(F)F)SCN1CC(C)(C)O. The van der Waals surface area contributed by atoms with E-state index in [1.807, 2.05) is 16.7 Å². The number of hydrogen-bond donors (Lipinski definition) is 2. The van der Waals surface area contributed by atoms with Crippen LogP contribution in [0.25, 0.3) is 4.91 Å². The molecule has 0 aromatic carbocycles. The highest BCUT2D eigenvalue weighted by molar-refractivity contribution is 8.08. The molecule has 33 heavy (non-hydrogen) atoms. The summed E-state index contributed by atoms with van der Waals surface area (Å²) in [5, 5.41) is 13.6. The Hall–Kier alpha value is -1.87. The zero-order chi connectivity index (χ0) is 24.6. The number of amides is 1. The highest BCUT2D eigenvalue weighted by Gasteiger charge is 2.38. The topological polar surface area (TPSA) is 68.7 Å². The van der Waals surface area contributed by atoms with E-state index < -0.39 is 12.0 Å². The van der Waals surface area contributed by atoms with Gasteiger partial charge in [-0.3, -0.25) is 4.79 Å². The van der Waals surface area contributed by atoms with Crippen LogP contribution in [0.15, 0.2) is 18.0 Å². The standard InChI is InChI=1S/C24H36F2N4O2S/c1-15-8-7-9-30(15)22(31)19-20(33-14-29(19)13-24(5,6)32)17-11-27-18(10-16(17)21(25)26)28-12-23(2,3)4/h10-11,15,21,32H,7-9,12-14H2,1-6H3,(H,27,28)/t15-/m0/s1. The minimum atomic E-state index is -2.71. The number of aliphatic hydroxyl groups is 1. The molecule has 0 aliphatic carbocycles. The highest BCUT2D eigenvalue weighted by Crippen LogP contribution is 2.44. The normalized spacial score (nSPS) is 19.8. The minimum absolute atomic E-state index is 0.0290. The van der Waals surface area contributed by atoms with Crippen molar-refractivity contribution in [2.24, 2.45) is 5.41 Å². The number of alkyl halides is 2. The van der Waals surface area contributed by atoms with Gasteiger partial charge in [-0.2, -0.15) is 0 Å². The van der Waals surface area contributed by atoms with E-state index in [2.05, 4.69) is 31.1 Å². The fraction of sp³-hybridized carbons (Fsp3) is 0.667. The minimum Gasteiger partial charge on any atom is -0.389 e. The number of nitrogens with one attached hydrogen (secondary N) is 1. The molecule has 1 aromatic heterocycles. The Morgan fingerprint density at radius 1 is 1.33 bits per heavy atom. The smallest absolute Gasteiger partial charge is 0.271 e. The molecule has 3 heterocycles. The molecule has 0 radical (unpaired) electrons. The summed E-state index contributed by atoms with van der Waals surface area (Å²) in [6.07, 6.45) is 0.580. The van der Waals surface area contributed by atoms with Crippen LogP contribution in [0.2, 0.25) is 0 Å². The van der Waals surface area contributed by atoms with Gasteiger partial charge in [-0.15, -0.1) is 11.8 Å². The van der Waals surface area contributed by atoms with E-state index in [9.17, 15) is 18.7 Å². The van der Waals surface area contributed by atoms with Crippen LogP contribution in [0.3, 0.4) is 0 Å². The lowest BCUT2D eigenvalue weighted by molar-refractivity contribution is -0.129. The van der Waals surface area contributed by atoms with Crippen molar-refractivity contribution >= 4 is 28.4 Å². The Bertz CT molecular complexity index is 909. The van der Waals surface area contributed by atoms with Crippen LogP contribution in [0.5, 0.6) is 0 Å². The van der Waals surface area contributed by atoms with Crippen LogP contribution < -0.4 is 5.32 Å². The predicted molar refractivity (Wildman–Crippen MR) is 130 cm³/mol. The molecule has 2 aliphatic rings. The highest BCUT2D eigenvalue weighted by atomic mass is 32.2. The number of anilines is 1. The van der Waals surface area contributed by atoms with E-state index >= 15 is 0 Å². The summed E-state index contributed by atoms with van der Waals surface area (Å²) in [7, 11) is 0. The third-order valence-electron chi connectivity index (χ3n) is 5.71. The Labute approximate surface area is 199 Å². The van der Waals surface area contributed by atoms with Gasteiger partial charge >= 0.3 is 0 Å². The van der Waals surface area contributed by atoms with Crippen LogP contribution in [-0.2, 0) is 4.79 Å². The average molecular weight is 483 g/mol. The molecule has 0 spiro atoms. The molecule has 0 unspecified atom stereocenters. The molecule has 184 valence electrons. The summed E-state index contributed by atoms with van der Waals surface area (Å²) in [5.74, 6) is 0.636. The number of thioether (sulfide) groups is 1. The monoisotopic (exact) mass is 482 g/mol. The molecule has 1 saturated heterocycles. The van der Waals surface area contributed by atoms with Gasteiger partial charge in [0.05, 0.1) is 11.5 Å². The van der Waals surface area contributed by atoms with Gasteiger partial charge in [0.1, 0.15) is 11.5 Å². The lowest BCUT2D eigenvalue weighted by Crippen LogP contribution is -2.43. The quantitative estimate of drug-likeness (QED) is 0.574. The summed E-state index contributed by atoms with van der Waals surface area (Å²) in [6.45, 7) is 13.0. The van der Waals surface area contributed by atoms with Crippen molar-refractivity contribution in [3.63, 3.8) is 0 Å². The first kappa shape index (κ1) is 25.7. The van der Waals surface area contributed by atoms with Crippen LogP contribution in [-0.4, -0.2) is 63.0 Å². The van der Waals surface area contributed by atoms with Gasteiger partial charge < -0.3 is 20.2 Å². The second kappa shape index (κ2) is 9.78. The molecule has 0 bridgehead atoms. The summed E-state index contributed by atoms with van der Waals surface area (Å²) in [5.41, 5.74) is -0.546. The predicted octanol–water partition coefficient (Wildman–Crippen LogP) is 4.93. The summed E-state index contributed by atoms with van der Waals surface area (Å²) in [6, 6.07) is 1.48. The van der Waals surface area contributed by atoms with Gasteiger partial charge in [-0.25, -0.2) is 13.8 Å². The van der Waals surface area contributed by atoms with Crippen molar-refractivity contribution in [2.45, 2.75) is 72.5 Å². The summed E-state index contributed by atoms with van der Waals surface area (Å²) < 4.78 is 28.3. The van der Waals surface area contributed by atoms with E-state index in [0.717, 1.165) is 12.8 Å². The fourth-order valence-electron chi connectivity index (χ4n) is 4.11. The van der Waals surface area contributed by atoms with Gasteiger partial charge in [-0.1, -0.05) is 20.8 Å². The number of likely N-dealkylation sites (tertiary alicyclic amines) is 1. The van der Waals surface area contributed by atoms with Crippen LogP contribution >= 0.6 is 11.8 Å². The third-order valence-corrected chi connectivity index (χ3v) is 6.85. The van der Waals surface area contributed by atoms with Gasteiger partial charge in [0.15, 0.2) is 0 Å². The first-order valence-corrected chi connectivity index (χ1v) is 12.4. The molecule has 1 atom stereocenters. The van der Waals surface area contributed by atoms with Gasteiger partial charge in [0, 0.05) is 47.9 Å². The van der Waals surface area contributed by atoms with Crippen molar-refractivity contribution in [2.75, 3.05) is 30.8 Å². The van der Waals surface area contributed by atoms with Gasteiger partial charge in [0.2, 0.25) is 0 Å². The molecule has 2 N–H and O–H groups in total. The number of β-amino-alcohol motifs (C(OH)–C–C–N with tert-alkyl or cyclic N) is 1. The number of carbonyl (C=O) groups excluding carboxylic acids is 1. The maximum absolute atomic E-state index is 14.2. The van der Waals surface area contributed by atoms with E-state index in [0.29, 0.717) is 35.4 Å². The number of halogens is 2. The number of nitrogens with zero attached hydrogens (tertiary/aromatic N) is 3. The van der Waals surface area contributed by atoms with Crippen molar-refractivity contribution in [1.29, 1.82) is 0 Å². The molecule has 1 amide bonds. The zero-order valence-electron chi connectivity index (χ0n) is 20.4. The van der Waals surface area contributed by atoms with Gasteiger partial charge in [-0.05, 0) is 45.1 Å². The van der Waals surface area contributed by atoms with Crippen molar-refractivity contribution in [3.8, 4) is 0 Å². The summed E-state index contributed by atoms with van der Waals surface area (Å²) in [4.78, 5) is 22.1. The van der Waals surface area contributed by atoms with Crippen LogP contribution in [0.4, 0.5) is 14.6 Å². The lowest BCUT2D eigenvalue weighted by Gasteiger charge is -2.31. The lowest BCUT2D eigenvalue weighted by atomic mass is 9.97. The molecule has 9 heteroatoms. The maximum atomic E-state index is 14.2. The molecule has 1 fully saturated rings. The third kappa shape index (κ3) is 6.38. The molecular weight excluding hydrogens is 446 g/mol. The number of hydrogen-bond acceptors (Lipinski definition) is 6. The van der Waals surface area contributed by atoms with E-state index in [4.69, 9.17) is 0 Å². The first-order valence-electron chi connectivity index (χ1n) is 11.4. The Balaban J connectivity index is 2.05. The first-order chi connectivity index (χ1) is 15.3. The van der Waals surface area contributed by atoms with E-state index in [1.54, 1.807) is 13.8 Å². The summed E-state index contributed by atoms with van der Waals surface area (Å²) >= 11 is 1.35. The zero-order valence-corrected chi connectivity index (χ0v) is 21.2. The number of rotatable bonds is 7. The van der Waals surface area contributed by atoms with E-state index in [1.165, 1.54) is 24.0 Å². The average Bonchev–Trinajstić information content (AvgIpc) is 3.30. The second-order valence-corrected chi connectivity index (χ2v) is 11.8. The van der Waals surface area contributed by atoms with E-state index in [-0.39, 0.29) is 35.0 Å². The van der Waals surface area contributed by atoms with Crippen molar-refractivity contribution in [1.82, 2.24) is 14.8 Å². The number of aromatic nitrogens is 1. The van der Waals surface area contributed by atoms with Crippen LogP contribution in [0.1, 0.15) is 71.9 Å². The Kier molecular flexibility index (Phi) is 7.63. The van der Waals surface area contributed by atoms with Crippen LogP contribution in [0, 0.1) is 5.41 Å². The maximum Gasteiger partial charge on any atom is 0.271 e. The molecule has 0 saturated carbocycles. The van der Waals surface area contributed by atoms with Crippen molar-refractivity contribution < 1.29 is 18.7 Å². The Morgan fingerprint density at radius 3 is 2.58 bits per heavy atom. The second-order valence-electron chi connectivity index (χ2n) is 10.8. The molecule has 1 aromatic rings.